The lowest BCUT2D eigenvalue weighted by Gasteiger charge is -2.26. The summed E-state index contributed by atoms with van der Waals surface area (Å²) < 4.78 is 5.53. The zero-order valence-corrected chi connectivity index (χ0v) is 18.4. The highest BCUT2D eigenvalue weighted by molar-refractivity contribution is 6.51. The number of para-hydroxylation sites is 1. The number of hydrogen-bond acceptors (Lipinski definition) is 5. The number of pyridine rings is 1. The van der Waals surface area contributed by atoms with Crippen molar-refractivity contribution >= 4 is 23.1 Å². The monoisotopic (exact) mass is 428 g/mol. The predicted molar refractivity (Wildman–Crippen MR) is 123 cm³/mol. The summed E-state index contributed by atoms with van der Waals surface area (Å²) in [4.78, 5) is 32.2. The van der Waals surface area contributed by atoms with Crippen LogP contribution >= 0.6 is 0 Å². The number of aliphatic hydroxyl groups excluding tert-OH is 1. The molecule has 0 radical (unpaired) electrons. The van der Waals surface area contributed by atoms with E-state index in [4.69, 9.17) is 4.74 Å². The molecule has 6 heteroatoms. The molecule has 1 aliphatic heterocycles. The molecule has 1 unspecified atom stereocenters. The van der Waals surface area contributed by atoms with Crippen LogP contribution in [0.4, 0.5) is 5.69 Å². The van der Waals surface area contributed by atoms with Crippen LogP contribution in [-0.4, -0.2) is 28.9 Å². The zero-order valence-electron chi connectivity index (χ0n) is 18.4. The van der Waals surface area contributed by atoms with Gasteiger partial charge in [-0.25, -0.2) is 0 Å². The van der Waals surface area contributed by atoms with Gasteiger partial charge in [-0.05, 0) is 61.2 Å². The van der Waals surface area contributed by atoms with Gasteiger partial charge in [-0.1, -0.05) is 30.3 Å². The fraction of sp³-hybridized carbons (Fsp3) is 0.192. The fourth-order valence-electron chi connectivity index (χ4n) is 4.31. The largest absolute Gasteiger partial charge is 0.507 e. The first-order valence-electron chi connectivity index (χ1n) is 10.3. The molecule has 1 amide bonds. The van der Waals surface area contributed by atoms with E-state index in [1.54, 1.807) is 36.7 Å². The number of nitrogens with zero attached hydrogens (tertiary/aromatic N) is 2. The summed E-state index contributed by atoms with van der Waals surface area (Å²) >= 11 is 0. The van der Waals surface area contributed by atoms with Crippen LogP contribution in [0.2, 0.25) is 0 Å². The third-order valence-electron chi connectivity index (χ3n) is 5.70. The van der Waals surface area contributed by atoms with Gasteiger partial charge in [0.05, 0.1) is 24.3 Å². The smallest absolute Gasteiger partial charge is 0.300 e. The van der Waals surface area contributed by atoms with Crippen LogP contribution in [-0.2, 0) is 9.59 Å². The van der Waals surface area contributed by atoms with Gasteiger partial charge in [-0.15, -0.1) is 0 Å². The van der Waals surface area contributed by atoms with Crippen molar-refractivity contribution in [2.24, 2.45) is 0 Å². The molecule has 0 spiro atoms. The van der Waals surface area contributed by atoms with Gasteiger partial charge >= 0.3 is 0 Å². The maximum Gasteiger partial charge on any atom is 0.300 e. The van der Waals surface area contributed by atoms with E-state index >= 15 is 0 Å². The fourth-order valence-corrected chi connectivity index (χ4v) is 4.31. The summed E-state index contributed by atoms with van der Waals surface area (Å²) in [6.45, 7) is 5.64. The van der Waals surface area contributed by atoms with Crippen molar-refractivity contribution in [2.75, 3.05) is 12.0 Å². The summed E-state index contributed by atoms with van der Waals surface area (Å²) in [5.41, 5.74) is 4.18. The highest BCUT2D eigenvalue weighted by atomic mass is 16.5. The summed E-state index contributed by atoms with van der Waals surface area (Å²) in [5.74, 6) is -1.25. The third-order valence-corrected chi connectivity index (χ3v) is 5.70. The van der Waals surface area contributed by atoms with E-state index in [9.17, 15) is 14.7 Å². The molecule has 32 heavy (non-hydrogen) atoms. The lowest BCUT2D eigenvalue weighted by Crippen LogP contribution is -2.30. The lowest BCUT2D eigenvalue weighted by molar-refractivity contribution is -0.132. The van der Waals surface area contributed by atoms with Crippen LogP contribution in [0, 0.1) is 20.8 Å². The van der Waals surface area contributed by atoms with Crippen molar-refractivity contribution in [3.05, 3.63) is 94.3 Å². The quantitative estimate of drug-likeness (QED) is 0.372. The van der Waals surface area contributed by atoms with Crippen LogP contribution in [0.1, 0.15) is 33.9 Å². The van der Waals surface area contributed by atoms with Gasteiger partial charge in [-0.2, -0.15) is 0 Å². The number of aryl methyl sites for hydroxylation is 3. The molecule has 0 saturated carbocycles. The minimum Gasteiger partial charge on any atom is -0.507 e. The molecule has 162 valence electrons. The Kier molecular flexibility index (Phi) is 5.53. The van der Waals surface area contributed by atoms with Crippen molar-refractivity contribution < 1.29 is 19.4 Å². The number of benzene rings is 2. The zero-order chi connectivity index (χ0) is 23.0. The number of aromatic nitrogens is 1. The van der Waals surface area contributed by atoms with E-state index in [1.807, 2.05) is 45.0 Å². The number of aliphatic hydroxyl groups is 1. The average molecular weight is 428 g/mol. The van der Waals surface area contributed by atoms with Crippen molar-refractivity contribution in [2.45, 2.75) is 26.8 Å². The molecule has 2 aromatic carbocycles. The molecule has 1 fully saturated rings. The van der Waals surface area contributed by atoms with E-state index in [0.29, 0.717) is 22.6 Å². The van der Waals surface area contributed by atoms with Crippen LogP contribution < -0.4 is 9.64 Å². The number of methoxy groups -OCH3 is 1. The normalized spacial score (nSPS) is 17.6. The van der Waals surface area contributed by atoms with Crippen molar-refractivity contribution in [1.82, 2.24) is 4.98 Å². The van der Waals surface area contributed by atoms with Crippen LogP contribution in [0.3, 0.4) is 0 Å². The Bertz CT molecular complexity index is 1250. The highest BCUT2D eigenvalue weighted by Crippen LogP contribution is 2.44. The molecule has 1 N–H and O–H groups in total. The first-order valence-corrected chi connectivity index (χ1v) is 10.3. The molecule has 1 saturated heterocycles. The molecular weight excluding hydrogens is 404 g/mol. The number of ether oxygens (including phenoxy) is 1. The number of carbonyl (C=O) groups excluding carboxylic acids is 2. The minimum atomic E-state index is -0.824. The molecule has 0 aliphatic carbocycles. The van der Waals surface area contributed by atoms with E-state index in [1.165, 1.54) is 12.0 Å². The molecule has 3 aromatic rings. The van der Waals surface area contributed by atoms with Crippen LogP contribution in [0.15, 0.2) is 66.5 Å². The Morgan fingerprint density at radius 3 is 2.44 bits per heavy atom. The predicted octanol–water partition coefficient (Wildman–Crippen LogP) is 4.64. The van der Waals surface area contributed by atoms with E-state index < -0.39 is 17.7 Å². The Hall–Kier alpha value is -3.93. The summed E-state index contributed by atoms with van der Waals surface area (Å²) in [6.07, 6.45) is 3.23. The number of Topliss-reactive ketones (excluding diaryl/α,β-unsaturated/α-hetero) is 1. The summed E-state index contributed by atoms with van der Waals surface area (Å²) in [5, 5.41) is 11.4. The Labute approximate surface area is 186 Å². The van der Waals surface area contributed by atoms with Gasteiger partial charge < -0.3 is 9.84 Å². The van der Waals surface area contributed by atoms with Crippen LogP contribution in [0.25, 0.3) is 5.76 Å². The van der Waals surface area contributed by atoms with Crippen molar-refractivity contribution in [1.29, 1.82) is 0 Å². The minimum absolute atomic E-state index is 0.00885. The van der Waals surface area contributed by atoms with Crippen molar-refractivity contribution in [3.63, 3.8) is 0 Å². The molecule has 2 heterocycles. The number of amides is 1. The second-order valence-corrected chi connectivity index (χ2v) is 7.90. The van der Waals surface area contributed by atoms with Gasteiger partial charge in [0, 0.05) is 18.1 Å². The van der Waals surface area contributed by atoms with Gasteiger partial charge in [0.15, 0.2) is 0 Å². The third kappa shape index (κ3) is 3.43. The van der Waals surface area contributed by atoms with E-state index in [0.717, 1.165) is 16.7 Å². The topological polar surface area (TPSA) is 79.7 Å². The highest BCUT2D eigenvalue weighted by Gasteiger charge is 2.47. The average Bonchev–Trinajstić information content (AvgIpc) is 3.04. The molecular formula is C26H24N2O4. The van der Waals surface area contributed by atoms with E-state index in [2.05, 4.69) is 4.98 Å². The number of ketones is 1. The Balaban J connectivity index is 2.02. The number of carbonyl (C=O) groups is 2. The molecule has 1 aromatic heterocycles. The van der Waals surface area contributed by atoms with Crippen LogP contribution in [0.5, 0.6) is 5.75 Å². The number of rotatable bonds is 4. The summed E-state index contributed by atoms with van der Waals surface area (Å²) in [7, 11) is 1.51. The van der Waals surface area contributed by atoms with Crippen molar-refractivity contribution in [3.8, 4) is 5.75 Å². The maximum atomic E-state index is 13.3. The van der Waals surface area contributed by atoms with Gasteiger partial charge in [0.25, 0.3) is 11.7 Å². The number of hydrogen-bond donors (Lipinski definition) is 1. The molecule has 6 nitrogen and oxygen atoms in total. The molecule has 1 aliphatic rings. The Morgan fingerprint density at radius 1 is 1.03 bits per heavy atom. The second-order valence-electron chi connectivity index (χ2n) is 7.90. The first kappa shape index (κ1) is 21.3. The summed E-state index contributed by atoms with van der Waals surface area (Å²) in [6, 6.07) is 13.7. The first-order chi connectivity index (χ1) is 15.3. The molecule has 4 rings (SSSR count). The second kappa shape index (κ2) is 8.30. The number of anilines is 1. The van der Waals surface area contributed by atoms with Gasteiger partial charge in [0.2, 0.25) is 0 Å². The Morgan fingerprint density at radius 2 is 1.78 bits per heavy atom. The van der Waals surface area contributed by atoms with Gasteiger partial charge in [0.1, 0.15) is 11.5 Å². The standard InChI is InChI=1S/C26H24N2O4/c1-15-12-17(3)25(32-4)19(13-15)23(29)21-22(18-9-7-11-27-14-18)28(26(31)24(21)30)20-10-6-5-8-16(20)2/h5-14,22,29H,1-4H3/b23-21+. The SMILES string of the molecule is COc1c(C)cc(C)cc1/C(O)=C1\C(=O)C(=O)N(c2ccccc2C)C1c1cccnc1. The van der Waals surface area contributed by atoms with Gasteiger partial charge in [-0.3, -0.25) is 19.5 Å². The van der Waals surface area contributed by atoms with E-state index in [-0.39, 0.29) is 11.3 Å². The maximum absolute atomic E-state index is 13.3. The lowest BCUT2D eigenvalue weighted by atomic mass is 9.94. The molecule has 0 bridgehead atoms. The molecule has 1 atom stereocenters.